The largest absolute Gasteiger partial charge is 0.494 e. The second-order valence-electron chi connectivity index (χ2n) is 4.67. The molecule has 0 saturated carbocycles. The Balaban J connectivity index is 2.17. The maximum Gasteiger partial charge on any atom is 0.255 e. The van der Waals surface area contributed by atoms with Crippen LogP contribution in [0.25, 0.3) is 0 Å². The number of nitrogens with one attached hydrogen (secondary N) is 1. The molecule has 0 atom stereocenters. The van der Waals surface area contributed by atoms with Crippen LogP contribution >= 0.6 is 11.6 Å². The predicted molar refractivity (Wildman–Crippen MR) is 86.5 cm³/mol. The fourth-order valence-corrected chi connectivity index (χ4v) is 2.22. The Hall–Kier alpha value is -2.51. The average molecular weight is 315 g/mol. The van der Waals surface area contributed by atoms with Gasteiger partial charge >= 0.3 is 0 Å². The first-order valence-electron chi connectivity index (χ1n) is 6.79. The van der Waals surface area contributed by atoms with Crippen molar-refractivity contribution in [2.75, 3.05) is 11.9 Å². The number of halogens is 1. The third-order valence-corrected chi connectivity index (χ3v) is 3.40. The van der Waals surface area contributed by atoms with Crippen LogP contribution < -0.4 is 10.1 Å². The minimum atomic E-state index is -0.244. The fourth-order valence-electron chi connectivity index (χ4n) is 1.99. The predicted octanol–water partition coefficient (Wildman–Crippen LogP) is 4.17. The van der Waals surface area contributed by atoms with E-state index in [1.165, 1.54) is 0 Å². The minimum absolute atomic E-state index is 0.244. The number of hydrogen-bond acceptors (Lipinski definition) is 3. The van der Waals surface area contributed by atoms with E-state index in [2.05, 4.69) is 5.32 Å². The van der Waals surface area contributed by atoms with Gasteiger partial charge in [0.15, 0.2) is 0 Å². The van der Waals surface area contributed by atoms with Gasteiger partial charge in [0.1, 0.15) is 11.8 Å². The molecule has 0 radical (unpaired) electrons. The molecule has 0 aromatic heterocycles. The minimum Gasteiger partial charge on any atom is -0.494 e. The zero-order chi connectivity index (χ0) is 16.1. The van der Waals surface area contributed by atoms with Gasteiger partial charge in [0.05, 0.1) is 17.2 Å². The summed E-state index contributed by atoms with van der Waals surface area (Å²) in [5.41, 5.74) is 2.34. The molecule has 2 aromatic carbocycles. The highest BCUT2D eigenvalue weighted by Crippen LogP contribution is 2.22. The van der Waals surface area contributed by atoms with Gasteiger partial charge in [-0.2, -0.15) is 5.26 Å². The van der Waals surface area contributed by atoms with Crippen molar-refractivity contribution < 1.29 is 9.53 Å². The molecule has 0 aliphatic rings. The SMILES string of the molecule is CCOc1ccc(C(=O)Nc2ccc(C#N)c(Cl)c2)cc1C. The molecule has 0 aliphatic heterocycles. The van der Waals surface area contributed by atoms with Gasteiger partial charge in [-0.3, -0.25) is 4.79 Å². The van der Waals surface area contributed by atoms with Crippen LogP contribution in [0, 0.1) is 18.3 Å². The summed E-state index contributed by atoms with van der Waals surface area (Å²) in [5, 5.41) is 11.9. The van der Waals surface area contributed by atoms with Gasteiger partial charge in [-0.05, 0) is 55.8 Å². The number of benzene rings is 2. The monoisotopic (exact) mass is 314 g/mol. The third kappa shape index (κ3) is 3.57. The van der Waals surface area contributed by atoms with E-state index in [0.29, 0.717) is 28.4 Å². The summed E-state index contributed by atoms with van der Waals surface area (Å²) in [4.78, 5) is 12.2. The van der Waals surface area contributed by atoms with Gasteiger partial charge in [-0.1, -0.05) is 11.6 Å². The lowest BCUT2D eigenvalue weighted by atomic mass is 10.1. The van der Waals surface area contributed by atoms with Gasteiger partial charge in [-0.25, -0.2) is 0 Å². The molecule has 2 aromatic rings. The third-order valence-electron chi connectivity index (χ3n) is 3.08. The standard InChI is InChI=1S/C17H15ClN2O2/c1-3-22-16-7-5-12(8-11(16)2)17(21)20-14-6-4-13(10-19)15(18)9-14/h4-9H,3H2,1-2H3,(H,20,21). The van der Waals surface area contributed by atoms with Crippen molar-refractivity contribution in [1.82, 2.24) is 0 Å². The number of amides is 1. The van der Waals surface area contributed by atoms with E-state index in [4.69, 9.17) is 21.6 Å². The summed E-state index contributed by atoms with van der Waals surface area (Å²) in [5.74, 6) is 0.521. The maximum absolute atomic E-state index is 12.2. The molecule has 0 heterocycles. The quantitative estimate of drug-likeness (QED) is 0.921. The topological polar surface area (TPSA) is 62.1 Å². The fraction of sp³-hybridized carbons (Fsp3) is 0.176. The van der Waals surface area contributed by atoms with Gasteiger partial charge in [-0.15, -0.1) is 0 Å². The van der Waals surface area contributed by atoms with Crippen molar-refractivity contribution >= 4 is 23.2 Å². The van der Waals surface area contributed by atoms with Crippen molar-refractivity contribution in [2.45, 2.75) is 13.8 Å². The number of rotatable bonds is 4. The van der Waals surface area contributed by atoms with E-state index in [1.807, 2.05) is 19.9 Å². The van der Waals surface area contributed by atoms with Crippen LogP contribution in [0.2, 0.25) is 5.02 Å². The van der Waals surface area contributed by atoms with Crippen molar-refractivity contribution in [3.05, 3.63) is 58.1 Å². The number of hydrogen-bond donors (Lipinski definition) is 1. The number of aryl methyl sites for hydroxylation is 1. The van der Waals surface area contributed by atoms with Crippen LogP contribution in [-0.4, -0.2) is 12.5 Å². The molecule has 0 aliphatic carbocycles. The van der Waals surface area contributed by atoms with Crippen molar-refractivity contribution in [3.63, 3.8) is 0 Å². The van der Waals surface area contributed by atoms with Gasteiger partial charge in [0.2, 0.25) is 0 Å². The molecule has 0 saturated heterocycles. The lowest BCUT2D eigenvalue weighted by molar-refractivity contribution is 0.102. The van der Waals surface area contributed by atoms with Crippen LogP contribution in [0.4, 0.5) is 5.69 Å². The van der Waals surface area contributed by atoms with Gasteiger partial charge in [0, 0.05) is 11.3 Å². The number of ether oxygens (including phenoxy) is 1. The lowest BCUT2D eigenvalue weighted by Gasteiger charge is -2.10. The summed E-state index contributed by atoms with van der Waals surface area (Å²) >= 11 is 5.95. The van der Waals surface area contributed by atoms with Crippen molar-refractivity contribution in [1.29, 1.82) is 5.26 Å². The molecule has 0 unspecified atom stereocenters. The van der Waals surface area contributed by atoms with E-state index in [9.17, 15) is 4.79 Å². The van der Waals surface area contributed by atoms with Crippen molar-refractivity contribution in [2.24, 2.45) is 0 Å². The van der Waals surface area contributed by atoms with Crippen LogP contribution in [0.1, 0.15) is 28.4 Å². The Morgan fingerprint density at radius 1 is 1.32 bits per heavy atom. The molecular weight excluding hydrogens is 300 g/mol. The highest BCUT2D eigenvalue weighted by Gasteiger charge is 2.10. The molecule has 2 rings (SSSR count). The van der Waals surface area contributed by atoms with E-state index in [1.54, 1.807) is 36.4 Å². The Kier molecular flexibility index (Phi) is 5.03. The molecule has 0 bridgehead atoms. The van der Waals surface area contributed by atoms with Crippen LogP contribution in [0.3, 0.4) is 0 Å². The number of carbonyl (C=O) groups excluding carboxylic acids is 1. The summed E-state index contributed by atoms with van der Waals surface area (Å²) in [7, 11) is 0. The lowest BCUT2D eigenvalue weighted by Crippen LogP contribution is -2.12. The summed E-state index contributed by atoms with van der Waals surface area (Å²) < 4.78 is 5.45. The second-order valence-corrected chi connectivity index (χ2v) is 5.08. The summed E-state index contributed by atoms with van der Waals surface area (Å²) in [6.45, 7) is 4.38. The van der Waals surface area contributed by atoms with Gasteiger partial charge < -0.3 is 10.1 Å². The Morgan fingerprint density at radius 3 is 2.68 bits per heavy atom. The Morgan fingerprint density at radius 2 is 2.09 bits per heavy atom. The normalized spacial score (nSPS) is 9.91. The highest BCUT2D eigenvalue weighted by atomic mass is 35.5. The molecule has 1 amide bonds. The smallest absolute Gasteiger partial charge is 0.255 e. The molecule has 0 spiro atoms. The van der Waals surface area contributed by atoms with Crippen LogP contribution in [0.15, 0.2) is 36.4 Å². The first-order chi connectivity index (χ1) is 10.5. The summed E-state index contributed by atoms with van der Waals surface area (Å²) in [6, 6.07) is 12.0. The van der Waals surface area contributed by atoms with Crippen LogP contribution in [0.5, 0.6) is 5.75 Å². The number of anilines is 1. The zero-order valence-electron chi connectivity index (χ0n) is 12.3. The first kappa shape index (κ1) is 15.9. The van der Waals surface area contributed by atoms with E-state index >= 15 is 0 Å². The van der Waals surface area contributed by atoms with Crippen molar-refractivity contribution in [3.8, 4) is 11.8 Å². The molecule has 112 valence electrons. The summed E-state index contributed by atoms with van der Waals surface area (Å²) in [6.07, 6.45) is 0. The average Bonchev–Trinajstić information content (AvgIpc) is 2.49. The first-order valence-corrected chi connectivity index (χ1v) is 7.17. The zero-order valence-corrected chi connectivity index (χ0v) is 13.1. The maximum atomic E-state index is 12.2. The van der Waals surface area contributed by atoms with Gasteiger partial charge in [0.25, 0.3) is 5.91 Å². The number of nitriles is 1. The molecule has 22 heavy (non-hydrogen) atoms. The molecule has 4 nitrogen and oxygen atoms in total. The molecular formula is C17H15ClN2O2. The second kappa shape index (κ2) is 6.97. The molecule has 1 N–H and O–H groups in total. The highest BCUT2D eigenvalue weighted by molar-refractivity contribution is 6.32. The number of carbonyl (C=O) groups is 1. The number of nitrogens with zero attached hydrogens (tertiary/aromatic N) is 1. The van der Waals surface area contributed by atoms with E-state index in [-0.39, 0.29) is 5.91 Å². The molecule has 5 heteroatoms. The van der Waals surface area contributed by atoms with E-state index < -0.39 is 0 Å². The molecule has 0 fully saturated rings. The Bertz CT molecular complexity index is 751. The van der Waals surface area contributed by atoms with E-state index in [0.717, 1.165) is 11.3 Å². The Labute approximate surface area is 134 Å². The van der Waals surface area contributed by atoms with Crippen LogP contribution in [-0.2, 0) is 0 Å².